The summed E-state index contributed by atoms with van der Waals surface area (Å²) in [6.07, 6.45) is 14.8. The van der Waals surface area contributed by atoms with Gasteiger partial charge in [0.25, 0.3) is 0 Å². The van der Waals surface area contributed by atoms with Crippen LogP contribution in [-0.4, -0.2) is 5.97 Å². The van der Waals surface area contributed by atoms with Crippen molar-refractivity contribution in [3.8, 4) is 0 Å². The van der Waals surface area contributed by atoms with Crippen LogP contribution in [0.1, 0.15) is 98.8 Å². The van der Waals surface area contributed by atoms with E-state index in [4.69, 9.17) is 4.74 Å². The van der Waals surface area contributed by atoms with Gasteiger partial charge in [0.1, 0.15) is 5.76 Å². The number of allylic oxidation sites excluding steroid dienone is 2. The van der Waals surface area contributed by atoms with Crippen molar-refractivity contribution < 1.29 is 9.53 Å². The molecule has 0 radical (unpaired) electrons. The van der Waals surface area contributed by atoms with E-state index < -0.39 is 0 Å². The lowest BCUT2D eigenvalue weighted by Crippen LogP contribution is -2.51. The van der Waals surface area contributed by atoms with E-state index >= 15 is 0 Å². The minimum atomic E-state index is -0.0148. The number of carbonyl (C=O) groups is 1. The summed E-state index contributed by atoms with van der Waals surface area (Å²) in [5.41, 5.74) is 0.643. The SMILES string of the molecule is CC(C)CCC[C@@H](C)[C@@H]1CC[C@H]2[C@H]3CC=C4OC(=O)CC[C@]4(C)[C@@H]3CC[C@@]21C. The van der Waals surface area contributed by atoms with Crippen molar-refractivity contribution in [3.63, 3.8) is 0 Å². The summed E-state index contributed by atoms with van der Waals surface area (Å²) in [5, 5.41) is 0. The summed E-state index contributed by atoms with van der Waals surface area (Å²) in [5.74, 6) is 6.01. The van der Waals surface area contributed by atoms with E-state index in [1.54, 1.807) is 0 Å². The second-order valence-corrected chi connectivity index (χ2v) is 11.6. The molecule has 0 aromatic carbocycles. The number of ether oxygens (including phenoxy) is 1. The first-order valence-electron chi connectivity index (χ1n) is 12.2. The summed E-state index contributed by atoms with van der Waals surface area (Å²) in [6, 6.07) is 0. The molecule has 4 rings (SSSR count). The fourth-order valence-corrected chi connectivity index (χ4v) is 8.09. The van der Waals surface area contributed by atoms with Gasteiger partial charge in [-0.25, -0.2) is 0 Å². The van der Waals surface area contributed by atoms with Crippen molar-refractivity contribution in [2.75, 3.05) is 0 Å². The number of rotatable bonds is 5. The van der Waals surface area contributed by atoms with E-state index in [1.807, 2.05) is 0 Å². The highest BCUT2D eigenvalue weighted by atomic mass is 16.5. The molecule has 7 atom stereocenters. The highest BCUT2D eigenvalue weighted by Crippen LogP contribution is 2.66. The van der Waals surface area contributed by atoms with Crippen LogP contribution in [-0.2, 0) is 9.53 Å². The second kappa shape index (κ2) is 7.47. The molecule has 28 heavy (non-hydrogen) atoms. The molecule has 0 aromatic rings. The quantitative estimate of drug-likeness (QED) is 0.469. The van der Waals surface area contributed by atoms with E-state index in [0.29, 0.717) is 17.8 Å². The number of carbonyl (C=O) groups excluding carboxylic acids is 1. The minimum Gasteiger partial charge on any atom is -0.431 e. The van der Waals surface area contributed by atoms with E-state index in [0.717, 1.165) is 48.2 Å². The van der Waals surface area contributed by atoms with Crippen molar-refractivity contribution in [2.45, 2.75) is 98.8 Å². The van der Waals surface area contributed by atoms with Crippen LogP contribution in [0.25, 0.3) is 0 Å². The van der Waals surface area contributed by atoms with Crippen LogP contribution in [0.2, 0.25) is 0 Å². The van der Waals surface area contributed by atoms with E-state index in [-0.39, 0.29) is 11.4 Å². The summed E-state index contributed by atoms with van der Waals surface area (Å²) in [6.45, 7) is 12.3. The van der Waals surface area contributed by atoms with Gasteiger partial charge in [0.05, 0.1) is 0 Å². The molecule has 2 heteroatoms. The maximum absolute atomic E-state index is 11.8. The van der Waals surface area contributed by atoms with Crippen LogP contribution in [0.4, 0.5) is 0 Å². The van der Waals surface area contributed by atoms with Crippen LogP contribution in [0.3, 0.4) is 0 Å². The molecule has 1 saturated heterocycles. The van der Waals surface area contributed by atoms with Crippen molar-refractivity contribution in [1.29, 1.82) is 0 Å². The van der Waals surface area contributed by atoms with Gasteiger partial charge in [-0.15, -0.1) is 0 Å². The van der Waals surface area contributed by atoms with Gasteiger partial charge in [0.2, 0.25) is 0 Å². The monoisotopic (exact) mass is 386 g/mol. The molecule has 2 saturated carbocycles. The molecule has 0 amide bonds. The molecular weight excluding hydrogens is 344 g/mol. The smallest absolute Gasteiger partial charge is 0.310 e. The third kappa shape index (κ3) is 3.27. The van der Waals surface area contributed by atoms with Crippen LogP contribution in [0, 0.1) is 46.3 Å². The van der Waals surface area contributed by atoms with Gasteiger partial charge in [-0.1, -0.05) is 53.9 Å². The lowest BCUT2D eigenvalue weighted by molar-refractivity contribution is -0.152. The third-order valence-electron chi connectivity index (χ3n) is 9.67. The zero-order valence-electron chi connectivity index (χ0n) is 18.9. The van der Waals surface area contributed by atoms with E-state index in [2.05, 4.69) is 40.7 Å². The van der Waals surface area contributed by atoms with Crippen molar-refractivity contribution in [1.82, 2.24) is 0 Å². The molecule has 158 valence electrons. The Morgan fingerprint density at radius 1 is 1.07 bits per heavy atom. The zero-order valence-corrected chi connectivity index (χ0v) is 18.9. The Morgan fingerprint density at radius 3 is 2.61 bits per heavy atom. The zero-order chi connectivity index (χ0) is 20.1. The predicted molar refractivity (Wildman–Crippen MR) is 115 cm³/mol. The first kappa shape index (κ1) is 20.5. The Labute approximate surface area is 172 Å². The number of hydrogen-bond donors (Lipinski definition) is 0. The first-order chi connectivity index (χ1) is 13.3. The maximum atomic E-state index is 11.8. The molecule has 0 aromatic heterocycles. The topological polar surface area (TPSA) is 26.3 Å². The Kier molecular flexibility index (Phi) is 5.47. The number of esters is 1. The molecule has 1 aliphatic heterocycles. The van der Waals surface area contributed by atoms with Gasteiger partial charge >= 0.3 is 5.97 Å². The average Bonchev–Trinajstić information content (AvgIpc) is 2.99. The standard InChI is InChI=1S/C26H42O2/c1-17(2)7-6-8-18(3)20-10-11-21-19-9-12-23-26(5,16-14-24(27)28-23)22(19)13-15-25(20,21)4/h12,17-22H,6-11,13-16H2,1-5H3/t18-,19-,20+,21+,22-,25-,26-/m1/s1. The Bertz CT molecular complexity index is 634. The second-order valence-electron chi connectivity index (χ2n) is 11.6. The number of hydrogen-bond acceptors (Lipinski definition) is 2. The highest BCUT2D eigenvalue weighted by Gasteiger charge is 2.59. The maximum Gasteiger partial charge on any atom is 0.310 e. The predicted octanol–water partition coefficient (Wildman–Crippen LogP) is 7.14. The molecule has 1 heterocycles. The fraction of sp³-hybridized carbons (Fsp3) is 0.885. The summed E-state index contributed by atoms with van der Waals surface area (Å²) in [7, 11) is 0. The van der Waals surface area contributed by atoms with Gasteiger partial charge in [-0.05, 0) is 85.5 Å². The molecule has 2 nitrogen and oxygen atoms in total. The van der Waals surface area contributed by atoms with Gasteiger partial charge in [-0.3, -0.25) is 4.79 Å². The molecule has 0 bridgehead atoms. The highest BCUT2D eigenvalue weighted by molar-refractivity contribution is 5.72. The van der Waals surface area contributed by atoms with Crippen molar-refractivity contribution >= 4 is 5.97 Å². The Hall–Kier alpha value is -0.790. The lowest BCUT2D eigenvalue weighted by atomic mass is 9.49. The summed E-state index contributed by atoms with van der Waals surface area (Å²) >= 11 is 0. The van der Waals surface area contributed by atoms with Crippen molar-refractivity contribution in [3.05, 3.63) is 11.8 Å². The normalized spacial score (nSPS) is 43.6. The average molecular weight is 387 g/mol. The summed E-state index contributed by atoms with van der Waals surface area (Å²) in [4.78, 5) is 11.8. The Morgan fingerprint density at radius 2 is 1.86 bits per heavy atom. The van der Waals surface area contributed by atoms with Crippen LogP contribution in [0.5, 0.6) is 0 Å². The summed E-state index contributed by atoms with van der Waals surface area (Å²) < 4.78 is 5.72. The van der Waals surface area contributed by atoms with Crippen molar-refractivity contribution in [2.24, 2.45) is 46.3 Å². The van der Waals surface area contributed by atoms with E-state index in [1.165, 1.54) is 44.9 Å². The molecule has 0 spiro atoms. The van der Waals surface area contributed by atoms with Crippen LogP contribution >= 0.6 is 0 Å². The van der Waals surface area contributed by atoms with Crippen LogP contribution in [0.15, 0.2) is 11.8 Å². The lowest BCUT2D eigenvalue weighted by Gasteiger charge is -2.57. The molecule has 3 fully saturated rings. The van der Waals surface area contributed by atoms with E-state index in [9.17, 15) is 4.79 Å². The molecule has 4 aliphatic rings. The fourth-order valence-electron chi connectivity index (χ4n) is 8.09. The van der Waals surface area contributed by atoms with Gasteiger partial charge in [0.15, 0.2) is 0 Å². The largest absolute Gasteiger partial charge is 0.431 e. The van der Waals surface area contributed by atoms with Gasteiger partial charge in [0, 0.05) is 11.8 Å². The minimum absolute atomic E-state index is 0.0148. The molecule has 0 N–H and O–H groups in total. The third-order valence-corrected chi connectivity index (χ3v) is 9.67. The molecule has 0 unspecified atom stereocenters. The van der Waals surface area contributed by atoms with Gasteiger partial charge < -0.3 is 4.74 Å². The van der Waals surface area contributed by atoms with Gasteiger partial charge in [-0.2, -0.15) is 0 Å². The van der Waals surface area contributed by atoms with Crippen LogP contribution < -0.4 is 0 Å². The first-order valence-corrected chi connectivity index (χ1v) is 12.2. The molecular formula is C26H42O2. The Balaban J connectivity index is 1.50. The number of fused-ring (bicyclic) bond motifs is 5. The molecule has 3 aliphatic carbocycles.